The molecule has 0 aromatic heterocycles. The molecule has 1 atom stereocenters. The van der Waals surface area contributed by atoms with Crippen molar-refractivity contribution in [2.75, 3.05) is 27.6 Å². The Kier molecular flexibility index (Phi) is 7.26. The lowest BCUT2D eigenvalue weighted by atomic mass is 9.80. The first-order chi connectivity index (χ1) is 18.9. The van der Waals surface area contributed by atoms with Crippen molar-refractivity contribution in [2.45, 2.75) is 41.9 Å². The molecule has 39 heavy (non-hydrogen) atoms. The van der Waals surface area contributed by atoms with E-state index in [1.807, 2.05) is 6.07 Å². The van der Waals surface area contributed by atoms with Crippen molar-refractivity contribution in [1.29, 1.82) is 0 Å². The highest BCUT2D eigenvalue weighted by Gasteiger charge is 2.48. The summed E-state index contributed by atoms with van der Waals surface area (Å²) in [4.78, 5) is 2.24. The van der Waals surface area contributed by atoms with E-state index >= 15 is 0 Å². The Labute approximate surface area is 244 Å². The van der Waals surface area contributed by atoms with Crippen LogP contribution in [0, 0.1) is 0 Å². The number of alkyl halides is 3. The molecule has 0 amide bonds. The molecule has 3 aromatic rings. The maximum atomic E-state index is 6.77. The molecular weight excluding hydrogens is 557 g/mol. The summed E-state index contributed by atoms with van der Waals surface area (Å²) in [6.45, 7) is 0.914. The third kappa shape index (κ3) is 4.79. The highest BCUT2D eigenvalue weighted by atomic mass is 35.6. The molecule has 204 valence electrons. The normalized spacial score (nSPS) is 17.5. The minimum Gasteiger partial charge on any atom is -0.493 e. The van der Waals surface area contributed by atoms with E-state index in [1.165, 1.54) is 16.7 Å². The van der Waals surface area contributed by atoms with E-state index in [0.717, 1.165) is 66.0 Å². The van der Waals surface area contributed by atoms with Crippen molar-refractivity contribution < 1.29 is 18.9 Å². The summed E-state index contributed by atoms with van der Waals surface area (Å²) in [6.07, 6.45) is 4.74. The predicted molar refractivity (Wildman–Crippen MR) is 156 cm³/mol. The van der Waals surface area contributed by atoms with Gasteiger partial charge in [-0.25, -0.2) is 0 Å². The van der Waals surface area contributed by atoms with E-state index in [1.54, 1.807) is 14.2 Å². The molecule has 6 rings (SSSR count). The number of methoxy groups -OCH3 is 2. The summed E-state index contributed by atoms with van der Waals surface area (Å²) in [6, 6.07) is 18.2. The van der Waals surface area contributed by atoms with E-state index in [-0.39, 0.29) is 6.79 Å². The lowest BCUT2D eigenvalue weighted by Gasteiger charge is -2.47. The Hall–Kier alpha value is -2.73. The minimum atomic E-state index is -1.62. The summed E-state index contributed by atoms with van der Waals surface area (Å²) in [5.74, 6) is 2.75. The smallest absolute Gasteiger partial charge is 0.231 e. The fourth-order valence-corrected chi connectivity index (χ4v) is 6.83. The third-order valence-electron chi connectivity index (χ3n) is 7.84. The monoisotopic (exact) mass is 585 g/mol. The second-order valence-electron chi connectivity index (χ2n) is 10.0. The molecule has 0 N–H and O–H groups in total. The Bertz CT molecular complexity index is 1420. The number of ether oxygens (including phenoxy) is 4. The molecule has 0 unspecified atom stereocenters. The van der Waals surface area contributed by atoms with Crippen molar-refractivity contribution in [1.82, 2.24) is 4.90 Å². The maximum absolute atomic E-state index is 6.77. The van der Waals surface area contributed by atoms with Gasteiger partial charge in [0, 0.05) is 23.4 Å². The van der Waals surface area contributed by atoms with Gasteiger partial charge in [-0.1, -0.05) is 71.2 Å². The number of halogens is 3. The third-order valence-corrected chi connectivity index (χ3v) is 8.46. The summed E-state index contributed by atoms with van der Waals surface area (Å²) in [7, 11) is 3.27. The predicted octanol–water partition coefficient (Wildman–Crippen LogP) is 8.00. The molecule has 3 aromatic carbocycles. The van der Waals surface area contributed by atoms with Gasteiger partial charge in [-0.2, -0.15) is 0 Å². The topological polar surface area (TPSA) is 40.2 Å². The van der Waals surface area contributed by atoms with Crippen LogP contribution in [0.25, 0.3) is 11.3 Å². The van der Waals surface area contributed by atoms with Gasteiger partial charge in [-0.15, -0.1) is 0 Å². The lowest BCUT2D eigenvalue weighted by Crippen LogP contribution is -2.42. The Morgan fingerprint density at radius 1 is 0.897 bits per heavy atom. The SMILES string of the molecule is COc1ccc2c(c1OC)[C@H](C(Cl)(Cl)Cl)N1CCc3cc4c(cc3C1=C2CCCCc1ccccc1)OCO4. The minimum absolute atomic E-state index is 0.226. The van der Waals surface area contributed by atoms with Crippen LogP contribution in [0.3, 0.4) is 0 Å². The molecule has 3 aliphatic rings. The van der Waals surface area contributed by atoms with Gasteiger partial charge in [-0.05, 0) is 72.6 Å². The summed E-state index contributed by atoms with van der Waals surface area (Å²) < 4.78 is 21.4. The fourth-order valence-electron chi connectivity index (χ4n) is 6.15. The van der Waals surface area contributed by atoms with Crippen LogP contribution in [-0.4, -0.2) is 36.2 Å². The van der Waals surface area contributed by atoms with Crippen LogP contribution in [-0.2, 0) is 12.8 Å². The number of fused-ring (bicyclic) bond motifs is 5. The van der Waals surface area contributed by atoms with Gasteiger partial charge >= 0.3 is 0 Å². The number of aryl methyl sites for hydroxylation is 1. The zero-order chi connectivity index (χ0) is 27.1. The number of hydrogen-bond acceptors (Lipinski definition) is 5. The molecule has 0 saturated carbocycles. The van der Waals surface area contributed by atoms with Gasteiger partial charge < -0.3 is 23.8 Å². The zero-order valence-electron chi connectivity index (χ0n) is 21.9. The molecule has 0 aliphatic carbocycles. The molecule has 0 radical (unpaired) electrons. The van der Waals surface area contributed by atoms with Crippen LogP contribution >= 0.6 is 34.8 Å². The molecule has 8 heteroatoms. The Balaban J connectivity index is 1.51. The average Bonchev–Trinajstić information content (AvgIpc) is 3.40. The quantitative estimate of drug-likeness (QED) is 0.207. The maximum Gasteiger partial charge on any atom is 0.231 e. The van der Waals surface area contributed by atoms with E-state index in [0.29, 0.717) is 18.0 Å². The number of hydrogen-bond donors (Lipinski definition) is 0. The van der Waals surface area contributed by atoms with Gasteiger partial charge in [0.1, 0.15) is 6.04 Å². The van der Waals surface area contributed by atoms with E-state index < -0.39 is 9.83 Å². The molecule has 3 heterocycles. The molecule has 5 nitrogen and oxygen atoms in total. The second kappa shape index (κ2) is 10.7. The second-order valence-corrected chi connectivity index (χ2v) is 12.4. The molecular formula is C31H30Cl3NO4. The van der Waals surface area contributed by atoms with Crippen molar-refractivity contribution in [2.24, 2.45) is 0 Å². The molecule has 3 aliphatic heterocycles. The Morgan fingerprint density at radius 3 is 2.36 bits per heavy atom. The first-order valence-electron chi connectivity index (χ1n) is 13.2. The van der Waals surface area contributed by atoms with Gasteiger partial charge in [-0.3, -0.25) is 0 Å². The van der Waals surface area contributed by atoms with Crippen LogP contribution in [0.2, 0.25) is 0 Å². The average molecular weight is 587 g/mol. The number of benzene rings is 3. The lowest BCUT2D eigenvalue weighted by molar-refractivity contribution is 0.174. The van der Waals surface area contributed by atoms with Gasteiger partial charge in [0.15, 0.2) is 23.0 Å². The summed E-state index contributed by atoms with van der Waals surface area (Å²) in [5, 5.41) is 0. The van der Waals surface area contributed by atoms with Gasteiger partial charge in [0.2, 0.25) is 10.6 Å². The molecule has 0 spiro atoms. The van der Waals surface area contributed by atoms with Crippen molar-refractivity contribution in [3.05, 3.63) is 82.4 Å². The van der Waals surface area contributed by atoms with Crippen LogP contribution in [0.4, 0.5) is 0 Å². The van der Waals surface area contributed by atoms with Crippen LogP contribution in [0.5, 0.6) is 23.0 Å². The van der Waals surface area contributed by atoms with E-state index in [4.69, 9.17) is 53.8 Å². The largest absolute Gasteiger partial charge is 0.493 e. The van der Waals surface area contributed by atoms with E-state index in [2.05, 4.69) is 53.4 Å². The zero-order valence-corrected chi connectivity index (χ0v) is 24.2. The summed E-state index contributed by atoms with van der Waals surface area (Å²) >= 11 is 20.3. The number of nitrogens with zero attached hydrogens (tertiary/aromatic N) is 1. The van der Waals surface area contributed by atoms with Crippen LogP contribution in [0.1, 0.15) is 53.1 Å². The number of unbranched alkanes of at least 4 members (excludes halogenated alkanes) is 1. The first kappa shape index (κ1) is 26.5. The number of allylic oxidation sites excluding steroid dienone is 1. The van der Waals surface area contributed by atoms with Crippen LogP contribution in [0.15, 0.2) is 54.6 Å². The Morgan fingerprint density at radius 2 is 1.64 bits per heavy atom. The fraction of sp³-hybridized carbons (Fsp3) is 0.355. The highest BCUT2D eigenvalue weighted by Crippen LogP contribution is 2.59. The molecule has 0 saturated heterocycles. The van der Waals surface area contributed by atoms with Crippen molar-refractivity contribution in [3.8, 4) is 23.0 Å². The van der Waals surface area contributed by atoms with Gasteiger partial charge in [0.05, 0.1) is 14.2 Å². The van der Waals surface area contributed by atoms with Gasteiger partial charge in [0.25, 0.3) is 0 Å². The molecule has 0 fully saturated rings. The number of rotatable bonds is 7. The van der Waals surface area contributed by atoms with E-state index in [9.17, 15) is 0 Å². The molecule has 0 bridgehead atoms. The summed E-state index contributed by atoms with van der Waals surface area (Å²) in [5.41, 5.74) is 7.83. The van der Waals surface area contributed by atoms with Crippen molar-refractivity contribution >= 4 is 46.1 Å². The first-order valence-corrected chi connectivity index (χ1v) is 14.3. The highest BCUT2D eigenvalue weighted by molar-refractivity contribution is 6.68. The van der Waals surface area contributed by atoms with Crippen molar-refractivity contribution in [3.63, 3.8) is 0 Å². The van der Waals surface area contributed by atoms with Crippen LogP contribution < -0.4 is 18.9 Å². The standard InChI is InChI=1S/C31H30Cl3NO4/c1-36-24-13-12-21-22(11-7-6-10-19-8-4-3-5-9-19)28-23-17-26-25(38-18-39-26)16-20(23)14-15-35(28)30(31(32,33)34)27(21)29(24)37-2/h3-5,8-9,12-13,16-17,30H,6-7,10-11,14-15,18H2,1-2H3/t30-/m1/s1.